The topological polar surface area (TPSA) is 210 Å². The summed E-state index contributed by atoms with van der Waals surface area (Å²) in [7, 11) is -9.31. The van der Waals surface area contributed by atoms with Gasteiger partial charge in [0.25, 0.3) is 20.2 Å². The molecule has 0 bridgehead atoms. The van der Waals surface area contributed by atoms with E-state index in [0.29, 0.717) is 58.6 Å². The monoisotopic (exact) mass is 764 g/mol. The molecule has 14 heteroatoms. The number of nitrogens with two attached hydrogens (primary N) is 2. The molecule has 0 fully saturated rings. The molecule has 0 atom stereocenters. The molecule has 0 heterocycles. The van der Waals surface area contributed by atoms with E-state index in [1.54, 1.807) is 60.7 Å². The summed E-state index contributed by atoms with van der Waals surface area (Å²) in [4.78, 5) is -0.803. The lowest BCUT2D eigenvalue weighted by Gasteiger charge is -2.16. The summed E-state index contributed by atoms with van der Waals surface area (Å²) in [6.07, 6.45) is 2.52. The Kier molecular flexibility index (Phi) is 10.7. The van der Waals surface area contributed by atoms with Crippen LogP contribution in [0.25, 0.3) is 32.7 Å². The highest BCUT2D eigenvalue weighted by Gasteiger charge is 2.23. The molecule has 278 valence electrons. The Morgan fingerprint density at radius 2 is 0.815 bits per heavy atom. The Morgan fingerprint density at radius 3 is 1.11 bits per heavy atom. The molecule has 0 amide bonds. The van der Waals surface area contributed by atoms with Crippen LogP contribution in [0.2, 0.25) is 0 Å². The highest BCUT2D eigenvalue weighted by atomic mass is 32.2. The van der Waals surface area contributed by atoms with Crippen molar-refractivity contribution in [3.05, 3.63) is 107 Å². The van der Waals surface area contributed by atoms with Gasteiger partial charge in [0, 0.05) is 10.8 Å². The number of nitrogen functional groups attached to an aromatic ring is 2. The van der Waals surface area contributed by atoms with Crippen molar-refractivity contribution in [3.63, 3.8) is 0 Å². The third-order valence-corrected chi connectivity index (χ3v) is 11.4. The molecule has 0 spiro atoms. The summed E-state index contributed by atoms with van der Waals surface area (Å²) >= 11 is 0. The third kappa shape index (κ3) is 7.33. The first-order valence-corrected chi connectivity index (χ1v) is 20.3. The number of benzene rings is 6. The smallest absolute Gasteiger partial charge is 0.297 e. The van der Waals surface area contributed by atoms with Gasteiger partial charge in [-0.05, 0) is 106 Å². The molecule has 6 aromatic rings. The van der Waals surface area contributed by atoms with Gasteiger partial charge in [-0.1, -0.05) is 76.2 Å². The van der Waals surface area contributed by atoms with Crippen LogP contribution in [0.15, 0.2) is 115 Å². The second kappa shape index (κ2) is 15.1. The molecule has 0 aliphatic rings. The van der Waals surface area contributed by atoms with Gasteiger partial charge in [-0.25, -0.2) is 0 Å². The van der Waals surface area contributed by atoms with Gasteiger partial charge in [0.2, 0.25) is 0 Å². The molecule has 54 heavy (non-hydrogen) atoms. The van der Waals surface area contributed by atoms with E-state index in [0.717, 1.165) is 33.4 Å². The Hall–Kier alpha value is -5.54. The van der Waals surface area contributed by atoms with E-state index in [2.05, 4.69) is 44.7 Å². The van der Waals surface area contributed by atoms with Crippen LogP contribution in [0.4, 0.5) is 34.1 Å². The average Bonchev–Trinajstić information content (AvgIpc) is 3.14. The van der Waals surface area contributed by atoms with Crippen molar-refractivity contribution in [1.82, 2.24) is 0 Å². The fraction of sp³-hybridized carbons (Fsp3) is 0.200. The minimum atomic E-state index is -4.65. The number of azo groups is 2. The number of nitrogens with zero attached hydrogens (tertiary/aromatic N) is 4. The zero-order valence-electron chi connectivity index (χ0n) is 30.2. The molecule has 0 aliphatic carbocycles. The molecule has 12 nitrogen and oxygen atoms in total. The van der Waals surface area contributed by atoms with Crippen molar-refractivity contribution in [2.24, 2.45) is 20.5 Å². The number of aryl methyl sites for hydroxylation is 4. The molecule has 0 saturated carbocycles. The van der Waals surface area contributed by atoms with Gasteiger partial charge in [0.15, 0.2) is 0 Å². The molecular weight excluding hydrogens is 725 g/mol. The van der Waals surface area contributed by atoms with Gasteiger partial charge in [-0.3, -0.25) is 9.11 Å². The van der Waals surface area contributed by atoms with Crippen LogP contribution in [-0.2, 0) is 45.9 Å². The maximum atomic E-state index is 12.3. The quantitative estimate of drug-likeness (QED) is 0.0565. The number of hydrogen-bond acceptors (Lipinski definition) is 10. The molecule has 0 aromatic heterocycles. The summed E-state index contributed by atoms with van der Waals surface area (Å²) in [6.45, 7) is 8.07. The average molecular weight is 765 g/mol. The molecule has 0 saturated heterocycles. The van der Waals surface area contributed by atoms with Gasteiger partial charge >= 0.3 is 0 Å². The second-order valence-electron chi connectivity index (χ2n) is 12.8. The van der Waals surface area contributed by atoms with Gasteiger partial charge in [-0.2, -0.15) is 16.8 Å². The van der Waals surface area contributed by atoms with Crippen LogP contribution in [0.5, 0.6) is 0 Å². The largest absolute Gasteiger partial charge is 0.396 e. The minimum Gasteiger partial charge on any atom is -0.396 e. The van der Waals surface area contributed by atoms with Crippen LogP contribution in [0, 0.1) is 0 Å². The van der Waals surface area contributed by atoms with Crippen LogP contribution in [0.1, 0.15) is 49.9 Å². The van der Waals surface area contributed by atoms with E-state index in [9.17, 15) is 25.9 Å². The first-order chi connectivity index (χ1) is 25.7. The van der Waals surface area contributed by atoms with Crippen molar-refractivity contribution in [1.29, 1.82) is 0 Å². The lowest BCUT2D eigenvalue weighted by atomic mass is 9.92. The van der Waals surface area contributed by atoms with Crippen LogP contribution < -0.4 is 11.5 Å². The van der Waals surface area contributed by atoms with E-state index in [1.807, 2.05) is 27.7 Å². The summed E-state index contributed by atoms with van der Waals surface area (Å²) in [5.74, 6) is 0. The van der Waals surface area contributed by atoms with E-state index in [4.69, 9.17) is 11.5 Å². The first-order valence-electron chi connectivity index (χ1n) is 17.4. The SMILES string of the molecule is CCc1cc(-c2cc(CC)c(/N=N/c3cc4ccccc4c(S(=O)(=O)O)c3N)c(CC)c2)cc(CC)c1/N=N/c1cc2ccccc2c(S(=O)(=O)O)c1N. The highest BCUT2D eigenvalue weighted by molar-refractivity contribution is 7.86. The number of anilines is 2. The van der Waals surface area contributed by atoms with E-state index in [1.165, 1.54) is 0 Å². The Bertz CT molecular complexity index is 2510. The number of rotatable bonds is 11. The van der Waals surface area contributed by atoms with E-state index >= 15 is 0 Å². The molecule has 0 unspecified atom stereocenters. The third-order valence-electron chi connectivity index (χ3n) is 9.46. The van der Waals surface area contributed by atoms with Crippen molar-refractivity contribution < 1.29 is 25.9 Å². The zero-order valence-corrected chi connectivity index (χ0v) is 31.8. The lowest BCUT2D eigenvalue weighted by Crippen LogP contribution is -2.04. The molecular formula is C40H40N6O6S2. The van der Waals surface area contributed by atoms with Crippen molar-refractivity contribution in [2.75, 3.05) is 11.5 Å². The summed E-state index contributed by atoms with van der Waals surface area (Å²) < 4.78 is 69.4. The Balaban J connectivity index is 1.42. The maximum absolute atomic E-state index is 12.3. The van der Waals surface area contributed by atoms with Crippen molar-refractivity contribution in [2.45, 2.75) is 63.2 Å². The van der Waals surface area contributed by atoms with Gasteiger partial charge in [0.1, 0.15) is 21.2 Å². The maximum Gasteiger partial charge on any atom is 0.297 e. The minimum absolute atomic E-state index is 0.124. The molecule has 6 rings (SSSR count). The number of hydrogen-bond donors (Lipinski definition) is 4. The fourth-order valence-corrected chi connectivity index (χ4v) is 8.44. The summed E-state index contributed by atoms with van der Waals surface area (Å²) in [5.41, 5.74) is 19.3. The highest BCUT2D eigenvalue weighted by Crippen LogP contribution is 2.42. The zero-order chi connectivity index (χ0) is 38.9. The van der Waals surface area contributed by atoms with Gasteiger partial charge in [0.05, 0.1) is 22.7 Å². The molecule has 6 aromatic carbocycles. The van der Waals surface area contributed by atoms with Crippen molar-refractivity contribution in [3.8, 4) is 11.1 Å². The molecule has 0 aliphatic heterocycles. The van der Waals surface area contributed by atoms with Gasteiger partial charge < -0.3 is 11.5 Å². The van der Waals surface area contributed by atoms with Crippen LogP contribution >= 0.6 is 0 Å². The van der Waals surface area contributed by atoms with Gasteiger partial charge in [-0.15, -0.1) is 20.5 Å². The fourth-order valence-electron chi connectivity index (χ4n) is 6.75. The van der Waals surface area contributed by atoms with Crippen molar-refractivity contribution >= 4 is 75.9 Å². The van der Waals surface area contributed by atoms with E-state index in [-0.39, 0.29) is 22.7 Å². The van der Waals surface area contributed by atoms with Crippen LogP contribution in [-0.4, -0.2) is 25.9 Å². The first kappa shape index (κ1) is 38.2. The number of fused-ring (bicyclic) bond motifs is 2. The Morgan fingerprint density at radius 1 is 0.500 bits per heavy atom. The predicted octanol–water partition coefficient (Wildman–Crippen LogP) is 10.4. The summed E-state index contributed by atoms with van der Waals surface area (Å²) in [6, 6.07) is 24.9. The second-order valence-corrected chi connectivity index (χ2v) is 15.5. The molecule has 0 radical (unpaired) electrons. The molecule has 6 N–H and O–H groups in total. The standard InChI is InChI=1S/C40H40N6O6S2/c1-5-23-17-29(18-24(6-2)37(23)45-43-33-21-27-13-9-11-15-31(27)39(35(33)41)53(47,48)49)30-19-25(7-3)38(26(8-4)20-30)46-44-34-22-28-14-10-12-16-32(28)40(36(34)42)54(50,51)52/h9-22H,5-8,41-42H2,1-4H3,(H,47,48,49)(H,50,51,52)/b45-43+,46-44+. The lowest BCUT2D eigenvalue weighted by molar-refractivity contribution is 0.482. The summed E-state index contributed by atoms with van der Waals surface area (Å²) in [5, 5.41) is 19.7. The predicted molar refractivity (Wildman–Crippen MR) is 214 cm³/mol. The normalized spacial score (nSPS) is 12.5. The van der Waals surface area contributed by atoms with Crippen LogP contribution in [0.3, 0.4) is 0 Å². The Labute approximate surface area is 314 Å². The van der Waals surface area contributed by atoms with E-state index < -0.39 is 30.0 Å².